The molecule has 0 bridgehead atoms. The van der Waals surface area contributed by atoms with Gasteiger partial charge in [-0.2, -0.15) is 0 Å². The summed E-state index contributed by atoms with van der Waals surface area (Å²) in [6.07, 6.45) is 3.63. The Bertz CT molecular complexity index is 1130. The summed E-state index contributed by atoms with van der Waals surface area (Å²) in [6, 6.07) is 17.2. The third-order valence-electron chi connectivity index (χ3n) is 6.68. The minimum atomic E-state index is 0.121. The second-order valence-corrected chi connectivity index (χ2v) is 11.3. The molecule has 3 aromatic rings. The molecule has 2 fully saturated rings. The van der Waals surface area contributed by atoms with E-state index in [1.54, 1.807) is 11.3 Å². The standard InChI is InChI=1S/C27H33N5O2S.C3H8/c1-20-2-4-21(5-3-20)8-11-25-29-30-26(35-25)17-28-23-16-27(33)32(19-23)24-9-6-22(7-10-24)18-31-12-14-34-15-13-31;1-3-2/h2-7,9-10,23,28H,8,11-19H2,1H3;3H2,1-2H3. The zero-order valence-electron chi connectivity index (χ0n) is 23.0. The van der Waals surface area contributed by atoms with Gasteiger partial charge in [0, 0.05) is 50.7 Å². The Hall–Kier alpha value is -2.65. The summed E-state index contributed by atoms with van der Waals surface area (Å²) >= 11 is 1.66. The van der Waals surface area contributed by atoms with Gasteiger partial charge in [0.1, 0.15) is 10.0 Å². The lowest BCUT2D eigenvalue weighted by Gasteiger charge is -2.26. The number of amides is 1. The Kier molecular flexibility index (Phi) is 10.8. The van der Waals surface area contributed by atoms with E-state index in [0.717, 1.165) is 61.4 Å². The van der Waals surface area contributed by atoms with E-state index in [9.17, 15) is 4.79 Å². The van der Waals surface area contributed by atoms with Crippen molar-refractivity contribution in [2.24, 2.45) is 0 Å². The fourth-order valence-corrected chi connectivity index (χ4v) is 5.39. The number of rotatable bonds is 9. The predicted molar refractivity (Wildman–Crippen MR) is 155 cm³/mol. The zero-order chi connectivity index (χ0) is 26.7. The third kappa shape index (κ3) is 8.43. The third-order valence-corrected chi connectivity index (χ3v) is 7.66. The molecule has 1 unspecified atom stereocenters. The van der Waals surface area contributed by atoms with Crippen LogP contribution in [-0.4, -0.2) is 59.9 Å². The normalized spacial score (nSPS) is 17.9. The Labute approximate surface area is 231 Å². The largest absolute Gasteiger partial charge is 0.379 e. The van der Waals surface area contributed by atoms with Gasteiger partial charge in [0.25, 0.3) is 0 Å². The van der Waals surface area contributed by atoms with E-state index in [1.165, 1.54) is 23.1 Å². The van der Waals surface area contributed by atoms with Crippen LogP contribution in [0.3, 0.4) is 0 Å². The van der Waals surface area contributed by atoms with E-state index < -0.39 is 0 Å². The molecule has 0 radical (unpaired) electrons. The number of anilines is 1. The van der Waals surface area contributed by atoms with E-state index in [1.807, 2.05) is 4.90 Å². The molecule has 0 saturated carbocycles. The number of nitrogens with one attached hydrogen (secondary N) is 1. The topological polar surface area (TPSA) is 70.6 Å². The predicted octanol–water partition coefficient (Wildman–Crippen LogP) is 4.78. The van der Waals surface area contributed by atoms with Crippen LogP contribution in [0.15, 0.2) is 48.5 Å². The highest BCUT2D eigenvalue weighted by molar-refractivity contribution is 7.11. The van der Waals surface area contributed by atoms with Crippen LogP contribution in [0.5, 0.6) is 0 Å². The van der Waals surface area contributed by atoms with Gasteiger partial charge in [-0.15, -0.1) is 21.5 Å². The van der Waals surface area contributed by atoms with E-state index in [-0.39, 0.29) is 11.9 Å². The van der Waals surface area contributed by atoms with Crippen molar-refractivity contribution in [1.29, 1.82) is 0 Å². The van der Waals surface area contributed by atoms with Gasteiger partial charge in [0.2, 0.25) is 5.91 Å². The number of carbonyl (C=O) groups is 1. The molecular weight excluding hydrogens is 494 g/mol. The lowest BCUT2D eigenvalue weighted by Crippen LogP contribution is -2.35. The molecule has 2 saturated heterocycles. The number of morpholine rings is 1. The first kappa shape index (κ1) is 28.4. The maximum absolute atomic E-state index is 12.7. The summed E-state index contributed by atoms with van der Waals surface area (Å²) in [5.74, 6) is 0.166. The molecule has 38 heavy (non-hydrogen) atoms. The summed E-state index contributed by atoms with van der Waals surface area (Å²) in [5, 5.41) is 14.3. The van der Waals surface area contributed by atoms with Gasteiger partial charge < -0.3 is 15.0 Å². The van der Waals surface area contributed by atoms with Gasteiger partial charge in [-0.25, -0.2) is 0 Å². The summed E-state index contributed by atoms with van der Waals surface area (Å²) in [4.78, 5) is 17.0. The maximum Gasteiger partial charge on any atom is 0.228 e. The molecule has 204 valence electrons. The van der Waals surface area contributed by atoms with Crippen molar-refractivity contribution in [2.45, 2.75) is 65.6 Å². The van der Waals surface area contributed by atoms with Gasteiger partial charge in [-0.3, -0.25) is 9.69 Å². The van der Waals surface area contributed by atoms with Gasteiger partial charge in [0.05, 0.1) is 19.8 Å². The van der Waals surface area contributed by atoms with Gasteiger partial charge in [-0.1, -0.05) is 62.2 Å². The molecule has 2 aromatic carbocycles. The minimum Gasteiger partial charge on any atom is -0.379 e. The highest BCUT2D eigenvalue weighted by Crippen LogP contribution is 2.23. The van der Waals surface area contributed by atoms with Crippen LogP contribution in [0.1, 0.15) is 53.4 Å². The fraction of sp³-hybridized carbons (Fsp3) is 0.500. The molecule has 5 rings (SSSR count). The molecule has 2 aliphatic rings. The molecular formula is C30H41N5O2S. The van der Waals surface area contributed by atoms with Crippen LogP contribution < -0.4 is 10.2 Å². The van der Waals surface area contributed by atoms with Crippen LogP contribution in [0.4, 0.5) is 5.69 Å². The van der Waals surface area contributed by atoms with Crippen LogP contribution in [0, 0.1) is 6.92 Å². The average Bonchev–Trinajstić information content (AvgIpc) is 3.55. The molecule has 3 heterocycles. The summed E-state index contributed by atoms with van der Waals surface area (Å²) < 4.78 is 5.43. The first-order valence-electron chi connectivity index (χ1n) is 13.8. The van der Waals surface area contributed by atoms with Crippen LogP contribution in [-0.2, 0) is 35.5 Å². The van der Waals surface area contributed by atoms with Crippen molar-refractivity contribution in [2.75, 3.05) is 37.7 Å². The lowest BCUT2D eigenvalue weighted by atomic mass is 10.1. The molecule has 2 aliphatic heterocycles. The highest BCUT2D eigenvalue weighted by atomic mass is 32.1. The van der Waals surface area contributed by atoms with Crippen molar-refractivity contribution >= 4 is 22.9 Å². The molecule has 1 atom stereocenters. The van der Waals surface area contributed by atoms with E-state index in [2.05, 4.69) is 89.7 Å². The highest BCUT2D eigenvalue weighted by Gasteiger charge is 2.30. The number of aromatic nitrogens is 2. The average molecular weight is 536 g/mol. The zero-order valence-corrected chi connectivity index (χ0v) is 23.8. The number of aryl methyl sites for hydroxylation is 3. The van der Waals surface area contributed by atoms with Crippen molar-refractivity contribution in [3.8, 4) is 0 Å². The summed E-state index contributed by atoms with van der Waals surface area (Å²) in [5.41, 5.74) is 4.85. The van der Waals surface area contributed by atoms with Crippen molar-refractivity contribution in [3.63, 3.8) is 0 Å². The second kappa shape index (κ2) is 14.5. The number of ether oxygens (including phenoxy) is 1. The Balaban J connectivity index is 0.00000107. The molecule has 7 nitrogen and oxygen atoms in total. The number of carbonyl (C=O) groups excluding carboxylic acids is 1. The Morgan fingerprint density at radius 1 is 0.947 bits per heavy atom. The monoisotopic (exact) mass is 535 g/mol. The summed E-state index contributed by atoms with van der Waals surface area (Å²) in [6.45, 7) is 12.2. The van der Waals surface area contributed by atoms with Gasteiger partial charge >= 0.3 is 0 Å². The molecule has 1 aromatic heterocycles. The SMILES string of the molecule is CCC.Cc1ccc(CCc2nnc(CNC3CC(=O)N(c4ccc(CN5CCOCC5)cc4)C3)s2)cc1. The molecule has 8 heteroatoms. The second-order valence-electron chi connectivity index (χ2n) is 10.1. The lowest BCUT2D eigenvalue weighted by molar-refractivity contribution is -0.117. The van der Waals surface area contributed by atoms with Crippen LogP contribution in [0.25, 0.3) is 0 Å². The van der Waals surface area contributed by atoms with Gasteiger partial charge in [-0.05, 0) is 36.6 Å². The van der Waals surface area contributed by atoms with Gasteiger partial charge in [0.15, 0.2) is 0 Å². The van der Waals surface area contributed by atoms with Crippen molar-refractivity contribution in [1.82, 2.24) is 20.4 Å². The Morgan fingerprint density at radius 3 is 2.32 bits per heavy atom. The number of hydrogen-bond acceptors (Lipinski definition) is 7. The van der Waals surface area contributed by atoms with E-state index in [4.69, 9.17) is 4.74 Å². The first-order valence-corrected chi connectivity index (χ1v) is 14.6. The quantitative estimate of drug-likeness (QED) is 0.426. The molecule has 1 N–H and O–H groups in total. The van der Waals surface area contributed by atoms with Crippen molar-refractivity contribution < 1.29 is 9.53 Å². The Morgan fingerprint density at radius 2 is 1.61 bits per heavy atom. The number of nitrogens with zero attached hydrogens (tertiary/aromatic N) is 4. The van der Waals surface area contributed by atoms with Crippen molar-refractivity contribution in [3.05, 3.63) is 75.2 Å². The minimum absolute atomic E-state index is 0.121. The number of benzene rings is 2. The molecule has 0 aliphatic carbocycles. The molecule has 0 spiro atoms. The van der Waals surface area contributed by atoms with E-state index in [0.29, 0.717) is 19.5 Å². The van der Waals surface area contributed by atoms with Crippen LogP contribution >= 0.6 is 11.3 Å². The summed E-state index contributed by atoms with van der Waals surface area (Å²) in [7, 11) is 0. The fourth-order valence-electron chi connectivity index (χ4n) is 4.59. The molecule has 1 amide bonds. The van der Waals surface area contributed by atoms with Crippen LogP contribution in [0.2, 0.25) is 0 Å². The first-order chi connectivity index (χ1) is 18.5. The number of hydrogen-bond donors (Lipinski definition) is 1. The van der Waals surface area contributed by atoms with E-state index >= 15 is 0 Å². The smallest absolute Gasteiger partial charge is 0.228 e. The maximum atomic E-state index is 12.7.